The summed E-state index contributed by atoms with van der Waals surface area (Å²) >= 11 is 0. The van der Waals surface area contributed by atoms with Crippen molar-refractivity contribution in [3.05, 3.63) is 259 Å². The standard InChI is InChI=1S/C91H86N4/c1-3-24-68(25-4-2)82-86-76-56-58-80(92(70-48-40-64(41-49-70)60-26-10-5-11-27-60)71-50-42-65(43-51-71)61-28-12-6-13-29-61)84-75-37-21-23-39-79(75)95(88(76)84)91(86)83(69-34-18-9-19-35-69)87-77-57-59-81(85-74-36-20-22-38-78(74)94(89(77)85)90(82)87)93(72-52-44-66(45-53-72)62-30-14-7-15-31-62)73-54-46-67(47-55-73)63-32-16-8-17-33-63/h3-4,9,18-25,34-63H,1,5-8,10-17,26-33H2,2H3/b25-4-,68-24+. The van der Waals surface area contributed by atoms with Crippen LogP contribution in [-0.4, -0.2) is 8.80 Å². The van der Waals surface area contributed by atoms with Gasteiger partial charge in [0.15, 0.2) is 0 Å². The predicted octanol–water partition coefficient (Wildman–Crippen LogP) is 26.9. The van der Waals surface area contributed by atoms with Gasteiger partial charge in [0, 0.05) is 77.0 Å². The van der Waals surface area contributed by atoms with E-state index in [0.717, 1.165) is 5.57 Å². The molecule has 4 heteroatoms. The van der Waals surface area contributed by atoms with Gasteiger partial charge in [-0.2, -0.15) is 0 Å². The second-order valence-electron chi connectivity index (χ2n) is 28.7. The van der Waals surface area contributed by atoms with Crippen molar-refractivity contribution in [3.63, 3.8) is 0 Å². The molecule has 4 fully saturated rings. The van der Waals surface area contributed by atoms with Gasteiger partial charge in [0.05, 0.1) is 44.5 Å². The molecule has 4 aliphatic rings. The Bertz CT molecular complexity index is 4950. The lowest BCUT2D eigenvalue weighted by Gasteiger charge is -2.29. The first kappa shape index (κ1) is 58.2. The summed E-state index contributed by atoms with van der Waals surface area (Å²) in [6.45, 7) is 6.63. The van der Waals surface area contributed by atoms with Crippen LogP contribution >= 0.6 is 0 Å². The molecule has 0 amide bonds. The minimum atomic E-state index is 0.626. The highest BCUT2D eigenvalue weighted by molar-refractivity contribution is 6.38. The Hall–Kier alpha value is -9.38. The van der Waals surface area contributed by atoms with Gasteiger partial charge < -0.3 is 18.6 Å². The van der Waals surface area contributed by atoms with Gasteiger partial charge in [0.2, 0.25) is 0 Å². The number of anilines is 6. The minimum Gasteiger partial charge on any atom is -0.310 e. The second kappa shape index (κ2) is 24.4. The highest BCUT2D eigenvalue weighted by atomic mass is 15.2. The van der Waals surface area contributed by atoms with E-state index in [9.17, 15) is 0 Å². The molecular formula is C91H86N4. The number of benzene rings is 10. The van der Waals surface area contributed by atoms with Crippen LogP contribution in [0.3, 0.4) is 0 Å². The van der Waals surface area contributed by atoms with E-state index in [1.165, 1.54) is 278 Å². The number of para-hydroxylation sites is 2. The summed E-state index contributed by atoms with van der Waals surface area (Å²) < 4.78 is 5.38. The average Bonchev–Trinajstić information content (AvgIpc) is 1.50. The molecule has 0 saturated heterocycles. The fourth-order valence-corrected chi connectivity index (χ4v) is 19.0. The number of fused-ring (bicyclic) bond motifs is 12. The van der Waals surface area contributed by atoms with Crippen molar-refractivity contribution < 1.29 is 0 Å². The van der Waals surface area contributed by atoms with E-state index in [0.29, 0.717) is 23.7 Å². The largest absolute Gasteiger partial charge is 0.310 e. The van der Waals surface area contributed by atoms with E-state index >= 15 is 0 Å². The lowest BCUT2D eigenvalue weighted by atomic mass is 9.84. The fraction of sp³-hybridized carbons (Fsp3) is 0.275. The number of rotatable bonds is 14. The van der Waals surface area contributed by atoms with Gasteiger partial charge in [0.25, 0.3) is 0 Å². The third kappa shape index (κ3) is 9.65. The maximum Gasteiger partial charge on any atom is 0.0642 e. The molecule has 0 atom stereocenters. The lowest BCUT2D eigenvalue weighted by molar-refractivity contribution is 0.443. The van der Waals surface area contributed by atoms with E-state index < -0.39 is 0 Å². The molecule has 18 rings (SSSR count). The highest BCUT2D eigenvalue weighted by Gasteiger charge is 2.34. The maximum atomic E-state index is 4.46. The number of aromatic nitrogens is 2. The third-order valence-electron chi connectivity index (χ3n) is 23.4. The van der Waals surface area contributed by atoms with Crippen LogP contribution in [0.2, 0.25) is 0 Å². The van der Waals surface area contributed by atoms with E-state index in [4.69, 9.17) is 0 Å². The Labute approximate surface area is 560 Å². The fourth-order valence-electron chi connectivity index (χ4n) is 19.0. The van der Waals surface area contributed by atoms with E-state index in [2.05, 4.69) is 251 Å². The van der Waals surface area contributed by atoms with Crippen molar-refractivity contribution in [2.75, 3.05) is 9.80 Å². The van der Waals surface area contributed by atoms with Crippen molar-refractivity contribution >= 4 is 116 Å². The molecule has 95 heavy (non-hydrogen) atoms. The summed E-state index contributed by atoms with van der Waals surface area (Å²) in [5, 5.41) is 10.1. The normalized spacial score (nSPS) is 17.0. The van der Waals surface area contributed by atoms with Crippen LogP contribution in [0.1, 0.15) is 187 Å². The van der Waals surface area contributed by atoms with Crippen molar-refractivity contribution in [2.24, 2.45) is 0 Å². The lowest BCUT2D eigenvalue weighted by Crippen LogP contribution is -2.12. The Balaban J connectivity index is 0.935. The Kier molecular flexibility index (Phi) is 15.0. The van der Waals surface area contributed by atoms with Crippen LogP contribution in [-0.2, 0) is 0 Å². The molecule has 10 aromatic carbocycles. The molecule has 0 spiro atoms. The number of hydrogen-bond donors (Lipinski definition) is 0. The van der Waals surface area contributed by atoms with Crippen molar-refractivity contribution in [3.8, 4) is 11.1 Å². The molecule has 470 valence electrons. The third-order valence-corrected chi connectivity index (χ3v) is 23.4. The summed E-state index contributed by atoms with van der Waals surface area (Å²) in [7, 11) is 0. The molecular weight excluding hydrogens is 1150 g/mol. The topological polar surface area (TPSA) is 15.3 Å². The van der Waals surface area contributed by atoms with Crippen LogP contribution < -0.4 is 9.80 Å². The quantitative estimate of drug-likeness (QED) is 0.101. The van der Waals surface area contributed by atoms with Gasteiger partial charge in [-0.15, -0.1) is 0 Å². The van der Waals surface area contributed by atoms with E-state index in [1.807, 2.05) is 6.08 Å². The van der Waals surface area contributed by atoms with Gasteiger partial charge in [-0.1, -0.05) is 235 Å². The molecule has 4 aliphatic carbocycles. The average molecular weight is 1240 g/mol. The summed E-state index contributed by atoms with van der Waals surface area (Å²) in [4.78, 5) is 5.18. The first-order chi connectivity index (χ1) is 47.1. The Morgan fingerprint density at radius 3 is 1.12 bits per heavy atom. The van der Waals surface area contributed by atoms with Gasteiger partial charge in [-0.25, -0.2) is 0 Å². The minimum absolute atomic E-state index is 0.626. The summed E-state index contributed by atoms with van der Waals surface area (Å²) in [6.07, 6.45) is 35.1. The highest BCUT2D eigenvalue weighted by Crippen LogP contribution is 2.57. The smallest absolute Gasteiger partial charge is 0.0642 e. The van der Waals surface area contributed by atoms with Crippen LogP contribution in [0.25, 0.3) is 92.9 Å². The number of allylic oxidation sites excluding steroid dienone is 5. The van der Waals surface area contributed by atoms with Gasteiger partial charge >= 0.3 is 0 Å². The monoisotopic (exact) mass is 1230 g/mol. The molecule has 0 N–H and O–H groups in total. The summed E-state index contributed by atoms with van der Waals surface area (Å²) in [5.41, 5.74) is 25.2. The van der Waals surface area contributed by atoms with E-state index in [-0.39, 0.29) is 0 Å². The van der Waals surface area contributed by atoms with Crippen molar-refractivity contribution in [1.82, 2.24) is 8.80 Å². The van der Waals surface area contributed by atoms with Crippen LogP contribution in [0.15, 0.2) is 231 Å². The second-order valence-corrected chi connectivity index (χ2v) is 28.7. The first-order valence-electron chi connectivity index (χ1n) is 36.5. The number of nitrogens with zero attached hydrogens (tertiary/aromatic N) is 4. The summed E-state index contributed by atoms with van der Waals surface area (Å²) in [5.74, 6) is 2.50. The predicted molar refractivity (Wildman–Crippen MR) is 407 cm³/mol. The molecule has 0 radical (unpaired) electrons. The van der Waals surface area contributed by atoms with E-state index in [1.54, 1.807) is 0 Å². The first-order valence-corrected chi connectivity index (χ1v) is 36.5. The SMILES string of the molecule is C=C/C=C(\C=C/C)c1c2c3ccc(N(c4ccc(C5CCCCC5)cc4)c4ccc(C5CCCCC5)cc4)c4c5ccccc5n(c2c(-c2ccccc2)c2c5ccc(N(c6ccc(C7CCCCC7)cc6)c6ccc(C7CCCCC7)cc6)c6c7ccccc7n(c12)c56)c34. The molecule has 4 aromatic heterocycles. The zero-order valence-corrected chi connectivity index (χ0v) is 55.3. The van der Waals surface area contributed by atoms with Gasteiger partial charge in [-0.05, 0) is 188 Å². The number of hydrogen-bond acceptors (Lipinski definition) is 2. The van der Waals surface area contributed by atoms with Crippen molar-refractivity contribution in [2.45, 2.75) is 159 Å². The van der Waals surface area contributed by atoms with Crippen LogP contribution in [0.4, 0.5) is 34.1 Å². The molecule has 4 saturated carbocycles. The van der Waals surface area contributed by atoms with Gasteiger partial charge in [-0.3, -0.25) is 0 Å². The zero-order chi connectivity index (χ0) is 63.1. The maximum absolute atomic E-state index is 4.46. The Morgan fingerprint density at radius 2 is 0.726 bits per heavy atom. The van der Waals surface area contributed by atoms with Crippen molar-refractivity contribution in [1.29, 1.82) is 0 Å². The molecule has 0 unspecified atom stereocenters. The molecule has 4 nitrogen and oxygen atoms in total. The molecule has 4 heterocycles. The van der Waals surface area contributed by atoms with Gasteiger partial charge in [0.1, 0.15) is 0 Å². The zero-order valence-electron chi connectivity index (χ0n) is 55.3. The Morgan fingerprint density at radius 1 is 0.358 bits per heavy atom. The molecule has 0 bridgehead atoms. The van der Waals surface area contributed by atoms with Crippen LogP contribution in [0, 0.1) is 0 Å². The van der Waals surface area contributed by atoms with Crippen LogP contribution in [0.5, 0.6) is 0 Å². The summed E-state index contributed by atoms with van der Waals surface area (Å²) in [6, 6.07) is 79.0. The molecule has 14 aromatic rings. The molecule has 0 aliphatic heterocycles.